The minimum absolute atomic E-state index is 0.0918. The lowest BCUT2D eigenvalue weighted by atomic mass is 9.87. The van der Waals surface area contributed by atoms with Gasteiger partial charge in [0.1, 0.15) is 0 Å². The molecule has 0 aromatic heterocycles. The van der Waals surface area contributed by atoms with Gasteiger partial charge in [-0.3, -0.25) is 0 Å². The van der Waals surface area contributed by atoms with Gasteiger partial charge in [0, 0.05) is 6.54 Å². The Morgan fingerprint density at radius 2 is 0.684 bits per heavy atom. The molecule has 2 N–H and O–H groups in total. The van der Waals surface area contributed by atoms with Crippen LogP contribution in [0.1, 0.15) is 0 Å². The summed E-state index contributed by atoms with van der Waals surface area (Å²) in [7, 11) is -7.52. The Morgan fingerprint density at radius 3 is 0.921 bits per heavy atom. The van der Waals surface area contributed by atoms with E-state index in [4.69, 9.17) is 5.11 Å². The van der Waals surface area contributed by atoms with Gasteiger partial charge in [0.05, 0.1) is 6.61 Å². The summed E-state index contributed by atoms with van der Waals surface area (Å²) in [5, 5.41) is 0.337. The number of nitrogens with one attached hydrogen (secondary N) is 1. The van der Waals surface area contributed by atoms with Gasteiger partial charge in [-0.25, -0.2) is 13.1 Å². The molecule has 0 aliphatic carbocycles. The zero-order valence-electron chi connectivity index (χ0n) is 16.5. The Kier molecular flexibility index (Phi) is 8.83. The zero-order valence-corrected chi connectivity index (χ0v) is 17.3. The molecule has 0 fully saturated rings. The van der Waals surface area contributed by atoms with Crippen LogP contribution in [0.2, 0.25) is 0 Å². The normalized spacial score (nSPS) is 16.7. The topological polar surface area (TPSA) is 66.4 Å². The van der Waals surface area contributed by atoms with Crippen molar-refractivity contribution in [1.29, 1.82) is 0 Å². The Hall–Kier alpha value is -1.60. The molecule has 0 aromatic rings. The molecule has 0 amide bonds. The van der Waals surface area contributed by atoms with Gasteiger partial charge < -0.3 is 5.11 Å². The van der Waals surface area contributed by atoms with E-state index in [9.17, 15) is 101 Å². The van der Waals surface area contributed by atoms with Gasteiger partial charge in [0.15, 0.2) is 0 Å². The number of hydrogen-bond donors (Lipinski definition) is 2. The highest BCUT2D eigenvalue weighted by Gasteiger charge is 2.98. The fourth-order valence-corrected chi connectivity index (χ4v) is 2.99. The second-order valence-corrected chi connectivity index (χ2v) is 8.54. The van der Waals surface area contributed by atoms with Gasteiger partial charge in [-0.05, 0) is 0 Å². The summed E-state index contributed by atoms with van der Waals surface area (Å²) in [6.45, 7) is -3.48. The summed E-state index contributed by atoms with van der Waals surface area (Å²) in [5.41, 5.74) is 0. The standard InChI is InChI=1S/C12H6F21NO3S/c13-3(14,5(17,18)7(21,22)9(25,26)11(29,30)31)4(15,16)6(19,20)8(23,24)10(27,28)12(32,33)38(36,37)34-1-2-35/h34-35H,1-2H2. The number of halogens is 21. The van der Waals surface area contributed by atoms with Crippen molar-refractivity contribution in [3.05, 3.63) is 0 Å². The third-order valence-electron chi connectivity index (χ3n) is 4.22. The summed E-state index contributed by atoms with van der Waals surface area (Å²) in [5.74, 6) is -72.3. The molecule has 0 radical (unpaired) electrons. The molecule has 38 heavy (non-hydrogen) atoms. The minimum atomic E-state index is -9.36. The minimum Gasteiger partial charge on any atom is -0.395 e. The highest BCUT2D eigenvalue weighted by atomic mass is 32.2. The SMILES string of the molecule is O=S(=O)(NCCO)C(F)(F)C(F)(F)C(F)(F)C(F)(F)C(F)(F)C(F)(F)C(F)(F)C(F)(F)C(F)(F)C(F)(F)F. The molecule has 0 aromatic carbocycles. The van der Waals surface area contributed by atoms with Crippen molar-refractivity contribution in [1.82, 2.24) is 4.72 Å². The monoisotopic (exact) mass is 643 g/mol. The summed E-state index contributed by atoms with van der Waals surface area (Å²) in [6.07, 6.45) is -8.08. The molecule has 4 nitrogen and oxygen atoms in total. The molecule has 0 bridgehead atoms. The average Bonchev–Trinajstić information content (AvgIpc) is 2.69. The molecule has 230 valence electrons. The van der Waals surface area contributed by atoms with Crippen LogP contribution in [0.25, 0.3) is 0 Å². The van der Waals surface area contributed by atoms with E-state index < -0.39 is 82.0 Å². The Labute approximate surface area is 193 Å². The van der Waals surface area contributed by atoms with Gasteiger partial charge >= 0.3 is 58.8 Å². The molecule has 0 atom stereocenters. The molecule has 0 aliphatic rings. The first-order valence-electron chi connectivity index (χ1n) is 8.13. The van der Waals surface area contributed by atoms with Gasteiger partial charge in [-0.15, -0.1) is 0 Å². The molecule has 0 aliphatic heterocycles. The second-order valence-electron chi connectivity index (χ2n) is 6.73. The molecule has 26 heteroatoms. The summed E-state index contributed by atoms with van der Waals surface area (Å²) in [6, 6.07) is 0. The fourth-order valence-electron chi connectivity index (χ4n) is 1.98. The first-order chi connectivity index (χ1) is 16.1. The van der Waals surface area contributed by atoms with Crippen LogP contribution in [0.15, 0.2) is 0 Å². The summed E-state index contributed by atoms with van der Waals surface area (Å²) >= 11 is 0. The predicted molar refractivity (Wildman–Crippen MR) is 74.6 cm³/mol. The van der Waals surface area contributed by atoms with Gasteiger partial charge in [-0.1, -0.05) is 0 Å². The van der Waals surface area contributed by atoms with Gasteiger partial charge in [-0.2, -0.15) is 92.2 Å². The lowest BCUT2D eigenvalue weighted by Crippen LogP contribution is -2.77. The molecule has 0 spiro atoms. The maximum atomic E-state index is 13.6. The first-order valence-corrected chi connectivity index (χ1v) is 9.61. The number of rotatable bonds is 12. The van der Waals surface area contributed by atoms with E-state index in [1.165, 1.54) is 0 Å². The number of aliphatic hydroxyl groups is 1. The fraction of sp³-hybridized carbons (Fsp3) is 1.00. The highest BCUT2D eigenvalue weighted by Crippen LogP contribution is 2.66. The van der Waals surface area contributed by atoms with E-state index in [1.54, 1.807) is 0 Å². The maximum Gasteiger partial charge on any atom is 0.460 e. The first kappa shape index (κ1) is 36.4. The molecule has 0 saturated heterocycles. The van der Waals surface area contributed by atoms with Gasteiger partial charge in [0.2, 0.25) is 0 Å². The summed E-state index contributed by atoms with van der Waals surface area (Å²) < 4.78 is 298. The molecule has 0 rings (SSSR count). The molecular formula is C12H6F21NO3S. The predicted octanol–water partition coefficient (Wildman–Crippen LogP) is 5.14. The van der Waals surface area contributed by atoms with Crippen LogP contribution in [-0.4, -0.2) is 85.5 Å². The second kappa shape index (κ2) is 9.22. The Morgan fingerprint density at radius 1 is 0.447 bits per heavy atom. The van der Waals surface area contributed by atoms with E-state index in [2.05, 4.69) is 0 Å². The van der Waals surface area contributed by atoms with Crippen molar-refractivity contribution in [2.75, 3.05) is 13.2 Å². The van der Waals surface area contributed by atoms with Crippen LogP contribution in [0, 0.1) is 0 Å². The number of hydrogen-bond acceptors (Lipinski definition) is 3. The van der Waals surface area contributed by atoms with Crippen molar-refractivity contribution < 1.29 is 106 Å². The van der Waals surface area contributed by atoms with Crippen LogP contribution in [-0.2, 0) is 10.0 Å². The van der Waals surface area contributed by atoms with E-state index in [0.29, 0.717) is 0 Å². The average molecular weight is 643 g/mol. The quantitative estimate of drug-likeness (QED) is 0.290. The lowest BCUT2D eigenvalue weighted by Gasteiger charge is -2.44. The Balaban J connectivity index is 7.18. The third-order valence-corrected chi connectivity index (χ3v) is 5.74. The Bertz CT molecular complexity index is 968. The number of sulfonamides is 1. The van der Waals surface area contributed by atoms with Crippen molar-refractivity contribution in [3.63, 3.8) is 0 Å². The smallest absolute Gasteiger partial charge is 0.395 e. The highest BCUT2D eigenvalue weighted by molar-refractivity contribution is 7.90. The van der Waals surface area contributed by atoms with Crippen molar-refractivity contribution >= 4 is 10.0 Å². The van der Waals surface area contributed by atoms with E-state index in [0.717, 1.165) is 0 Å². The molecule has 0 saturated carbocycles. The van der Waals surface area contributed by atoms with E-state index >= 15 is 0 Å². The zero-order chi connectivity index (χ0) is 31.6. The van der Waals surface area contributed by atoms with Crippen LogP contribution >= 0.6 is 0 Å². The van der Waals surface area contributed by atoms with Crippen LogP contribution in [0.3, 0.4) is 0 Å². The van der Waals surface area contributed by atoms with Crippen LogP contribution in [0.4, 0.5) is 92.2 Å². The van der Waals surface area contributed by atoms with Crippen molar-refractivity contribution in [2.24, 2.45) is 0 Å². The summed E-state index contributed by atoms with van der Waals surface area (Å²) in [4.78, 5) is 0. The van der Waals surface area contributed by atoms with Crippen molar-refractivity contribution in [3.8, 4) is 0 Å². The van der Waals surface area contributed by atoms with E-state index in [1.807, 2.05) is 0 Å². The lowest BCUT2D eigenvalue weighted by molar-refractivity contribution is -0.472. The van der Waals surface area contributed by atoms with Gasteiger partial charge in [0.25, 0.3) is 10.0 Å². The molecule has 0 heterocycles. The van der Waals surface area contributed by atoms with E-state index in [-0.39, 0.29) is 4.72 Å². The third kappa shape index (κ3) is 4.40. The van der Waals surface area contributed by atoms with Crippen LogP contribution < -0.4 is 4.72 Å². The van der Waals surface area contributed by atoms with Crippen molar-refractivity contribution in [2.45, 2.75) is 58.8 Å². The van der Waals surface area contributed by atoms with Crippen LogP contribution in [0.5, 0.6) is 0 Å². The largest absolute Gasteiger partial charge is 0.460 e. The maximum absolute atomic E-state index is 13.6. The number of aliphatic hydroxyl groups excluding tert-OH is 1. The molecular weight excluding hydrogens is 637 g/mol. The number of alkyl halides is 21. The molecule has 0 unspecified atom stereocenters.